The molecule has 0 saturated heterocycles. The molecule has 0 heterocycles. The van der Waals surface area contributed by atoms with E-state index in [1.54, 1.807) is 12.1 Å². The van der Waals surface area contributed by atoms with Crippen molar-refractivity contribution in [3.05, 3.63) is 108 Å². The van der Waals surface area contributed by atoms with Crippen LogP contribution in [0.3, 0.4) is 0 Å². The summed E-state index contributed by atoms with van der Waals surface area (Å²) >= 11 is 6.11. The first-order chi connectivity index (χ1) is 14.9. The Hall–Kier alpha value is -3.30. The van der Waals surface area contributed by atoms with Crippen molar-refractivity contribution >= 4 is 33.1 Å². The third kappa shape index (κ3) is 3.45. The molecule has 0 atom stereocenters. The van der Waals surface area contributed by atoms with Gasteiger partial charge in [0.25, 0.3) is 0 Å². The molecule has 0 unspecified atom stereocenters. The van der Waals surface area contributed by atoms with Crippen LogP contribution in [0, 0.1) is 0 Å². The maximum absolute atomic E-state index is 13.1. The molecule has 0 aliphatic carbocycles. The van der Waals surface area contributed by atoms with Gasteiger partial charge in [0.15, 0.2) is 0 Å². The predicted octanol–water partition coefficient (Wildman–Crippen LogP) is 9.00. The maximum Gasteiger partial charge on any atom is 0.416 e. The minimum absolute atomic E-state index is 0.650. The highest BCUT2D eigenvalue weighted by molar-refractivity contribution is 6.30. The van der Waals surface area contributed by atoms with Gasteiger partial charge in [0, 0.05) is 5.02 Å². The third-order valence-electron chi connectivity index (χ3n) is 5.57. The van der Waals surface area contributed by atoms with Crippen molar-refractivity contribution < 1.29 is 13.2 Å². The lowest BCUT2D eigenvalue weighted by Crippen LogP contribution is -2.04. The van der Waals surface area contributed by atoms with Gasteiger partial charge >= 0.3 is 6.18 Å². The number of hydrogen-bond donors (Lipinski definition) is 0. The largest absolute Gasteiger partial charge is 0.416 e. The summed E-state index contributed by atoms with van der Waals surface area (Å²) in [6.45, 7) is 0. The molecule has 31 heavy (non-hydrogen) atoms. The van der Waals surface area contributed by atoms with Crippen LogP contribution in [-0.4, -0.2) is 0 Å². The quantitative estimate of drug-likeness (QED) is 0.244. The highest BCUT2D eigenvalue weighted by Gasteiger charge is 2.30. The normalized spacial score (nSPS) is 11.9. The van der Waals surface area contributed by atoms with Crippen LogP contribution in [0.15, 0.2) is 97.1 Å². The Morgan fingerprint density at radius 2 is 0.839 bits per heavy atom. The van der Waals surface area contributed by atoms with Gasteiger partial charge in [-0.2, -0.15) is 13.2 Å². The van der Waals surface area contributed by atoms with Gasteiger partial charge in [-0.3, -0.25) is 0 Å². The summed E-state index contributed by atoms with van der Waals surface area (Å²) < 4.78 is 39.3. The zero-order chi connectivity index (χ0) is 21.6. The van der Waals surface area contributed by atoms with E-state index in [9.17, 15) is 13.2 Å². The van der Waals surface area contributed by atoms with Crippen LogP contribution in [0.4, 0.5) is 13.2 Å². The van der Waals surface area contributed by atoms with Gasteiger partial charge < -0.3 is 0 Å². The molecule has 0 saturated carbocycles. The highest BCUT2D eigenvalue weighted by atomic mass is 35.5. The van der Waals surface area contributed by atoms with E-state index >= 15 is 0 Å². The molecule has 0 nitrogen and oxygen atoms in total. The molecule has 0 bridgehead atoms. The Kier molecular flexibility index (Phi) is 4.71. The molecular weight excluding hydrogens is 417 g/mol. The summed E-state index contributed by atoms with van der Waals surface area (Å²) in [5.41, 5.74) is 3.15. The number of hydrogen-bond acceptors (Lipinski definition) is 0. The minimum atomic E-state index is -4.36. The van der Waals surface area contributed by atoms with Gasteiger partial charge in [-0.25, -0.2) is 0 Å². The first-order valence-electron chi connectivity index (χ1n) is 9.80. The topological polar surface area (TPSA) is 0 Å². The van der Waals surface area contributed by atoms with Gasteiger partial charge in [-0.05, 0) is 68.1 Å². The van der Waals surface area contributed by atoms with Crippen molar-refractivity contribution in [2.75, 3.05) is 0 Å². The van der Waals surface area contributed by atoms with E-state index in [1.807, 2.05) is 60.7 Å². The lowest BCUT2D eigenvalue weighted by atomic mass is 9.86. The summed E-state index contributed by atoms with van der Waals surface area (Å²) in [6.07, 6.45) is -4.36. The monoisotopic (exact) mass is 432 g/mol. The molecule has 5 aromatic rings. The summed E-state index contributed by atoms with van der Waals surface area (Å²) in [5.74, 6) is 0. The molecule has 0 aromatic heterocycles. The van der Waals surface area contributed by atoms with Crippen LogP contribution in [0.25, 0.3) is 43.8 Å². The van der Waals surface area contributed by atoms with Crippen molar-refractivity contribution in [2.24, 2.45) is 0 Å². The van der Waals surface area contributed by atoms with Crippen molar-refractivity contribution in [1.29, 1.82) is 0 Å². The molecule has 5 rings (SSSR count). The van der Waals surface area contributed by atoms with Gasteiger partial charge in [0.05, 0.1) is 5.56 Å². The Morgan fingerprint density at radius 1 is 0.484 bits per heavy atom. The van der Waals surface area contributed by atoms with Crippen LogP contribution < -0.4 is 0 Å². The summed E-state index contributed by atoms with van der Waals surface area (Å²) in [6, 6.07) is 29.1. The molecule has 0 amide bonds. The zero-order valence-corrected chi connectivity index (χ0v) is 17.0. The fraction of sp³-hybridized carbons (Fsp3) is 0.0370. The minimum Gasteiger partial charge on any atom is -0.166 e. The molecular formula is C27H16ClF3. The summed E-state index contributed by atoms with van der Waals surface area (Å²) in [5, 5.41) is 4.73. The summed E-state index contributed by atoms with van der Waals surface area (Å²) in [4.78, 5) is 0. The molecule has 152 valence electrons. The average molecular weight is 433 g/mol. The second-order valence-electron chi connectivity index (χ2n) is 7.42. The number of fused-ring (bicyclic) bond motifs is 2. The molecule has 0 aliphatic heterocycles. The fourth-order valence-corrected chi connectivity index (χ4v) is 4.32. The van der Waals surface area contributed by atoms with Gasteiger partial charge in [-0.1, -0.05) is 84.4 Å². The molecule has 5 aromatic carbocycles. The molecule has 0 aliphatic rings. The number of alkyl halides is 3. The second kappa shape index (κ2) is 7.44. The van der Waals surface area contributed by atoms with E-state index in [0.29, 0.717) is 5.02 Å². The maximum atomic E-state index is 13.1. The first-order valence-corrected chi connectivity index (χ1v) is 10.2. The van der Waals surface area contributed by atoms with Crippen molar-refractivity contribution in [1.82, 2.24) is 0 Å². The predicted molar refractivity (Wildman–Crippen MR) is 122 cm³/mol. The standard InChI is InChI=1S/C27H16ClF3/c28-20-15-11-18(12-16-20)26-23-7-3-1-5-21(23)25(22-6-2-4-8-24(22)26)17-9-13-19(14-10-17)27(29,30)31/h1-16H. The molecule has 0 N–H and O–H groups in total. The first kappa shape index (κ1) is 19.7. The number of rotatable bonds is 2. The Bertz CT molecular complexity index is 1340. The molecule has 4 heteroatoms. The smallest absolute Gasteiger partial charge is 0.166 e. The second-order valence-corrected chi connectivity index (χ2v) is 7.86. The van der Waals surface area contributed by atoms with Gasteiger partial charge in [0.1, 0.15) is 0 Å². The lowest BCUT2D eigenvalue weighted by Gasteiger charge is -2.18. The van der Waals surface area contributed by atoms with Gasteiger partial charge in [-0.15, -0.1) is 0 Å². The van der Waals surface area contributed by atoms with Gasteiger partial charge in [0.2, 0.25) is 0 Å². The third-order valence-corrected chi connectivity index (χ3v) is 5.82. The van der Waals surface area contributed by atoms with E-state index in [2.05, 4.69) is 12.1 Å². The van der Waals surface area contributed by atoms with Crippen LogP contribution in [0.1, 0.15) is 5.56 Å². The Labute approximate surface area is 182 Å². The van der Waals surface area contributed by atoms with Crippen LogP contribution in [0.2, 0.25) is 5.02 Å². The van der Waals surface area contributed by atoms with Crippen LogP contribution in [0.5, 0.6) is 0 Å². The van der Waals surface area contributed by atoms with Crippen LogP contribution >= 0.6 is 11.6 Å². The van der Waals surface area contributed by atoms with E-state index in [-0.39, 0.29) is 0 Å². The number of benzene rings is 5. The fourth-order valence-electron chi connectivity index (χ4n) is 4.19. The lowest BCUT2D eigenvalue weighted by molar-refractivity contribution is -0.137. The van der Waals surface area contributed by atoms with E-state index in [1.165, 1.54) is 0 Å². The SMILES string of the molecule is FC(F)(F)c1ccc(-c2c3ccccc3c(-c3ccc(Cl)cc3)c3ccccc23)cc1. The van der Waals surface area contributed by atoms with Crippen molar-refractivity contribution in [3.8, 4) is 22.3 Å². The van der Waals surface area contributed by atoms with Crippen LogP contribution in [-0.2, 0) is 6.18 Å². The molecule has 0 spiro atoms. The van der Waals surface area contributed by atoms with E-state index in [0.717, 1.165) is 55.9 Å². The molecule has 0 radical (unpaired) electrons. The Morgan fingerprint density at radius 3 is 1.19 bits per heavy atom. The zero-order valence-electron chi connectivity index (χ0n) is 16.2. The summed E-state index contributed by atoms with van der Waals surface area (Å²) in [7, 11) is 0. The highest BCUT2D eigenvalue weighted by Crippen LogP contribution is 2.44. The Balaban J connectivity index is 1.87. The van der Waals surface area contributed by atoms with E-state index in [4.69, 9.17) is 11.6 Å². The molecule has 0 fully saturated rings. The van der Waals surface area contributed by atoms with Crippen molar-refractivity contribution in [3.63, 3.8) is 0 Å². The van der Waals surface area contributed by atoms with E-state index < -0.39 is 11.7 Å². The van der Waals surface area contributed by atoms with Crippen molar-refractivity contribution in [2.45, 2.75) is 6.18 Å². The number of halogens is 4. The average Bonchev–Trinajstić information content (AvgIpc) is 2.78.